The summed E-state index contributed by atoms with van der Waals surface area (Å²) in [5.74, 6) is 2.27. The van der Waals surface area contributed by atoms with Gasteiger partial charge in [0.05, 0.1) is 6.54 Å². The van der Waals surface area contributed by atoms with Gasteiger partial charge in [-0.1, -0.05) is 12.1 Å². The minimum absolute atomic E-state index is 0. The minimum atomic E-state index is -0.241. The molecular formula is C17H23FIN3O. The summed E-state index contributed by atoms with van der Waals surface area (Å²) < 4.78 is 18.7. The van der Waals surface area contributed by atoms with Crippen molar-refractivity contribution in [3.8, 4) is 0 Å². The van der Waals surface area contributed by atoms with Crippen LogP contribution >= 0.6 is 24.0 Å². The Morgan fingerprint density at radius 1 is 1.22 bits per heavy atom. The van der Waals surface area contributed by atoms with E-state index >= 15 is 0 Å². The van der Waals surface area contributed by atoms with E-state index in [4.69, 9.17) is 4.42 Å². The molecule has 0 bridgehead atoms. The normalized spacial score (nSPS) is 11.0. The summed E-state index contributed by atoms with van der Waals surface area (Å²) in [7, 11) is 0. The fourth-order valence-electron chi connectivity index (χ4n) is 2.19. The lowest BCUT2D eigenvalue weighted by Crippen LogP contribution is -2.36. The van der Waals surface area contributed by atoms with E-state index in [2.05, 4.69) is 15.6 Å². The lowest BCUT2D eigenvalue weighted by atomic mass is 10.2. The van der Waals surface area contributed by atoms with Gasteiger partial charge in [-0.05, 0) is 44.5 Å². The molecule has 2 aromatic rings. The monoisotopic (exact) mass is 431 g/mol. The Balaban J connectivity index is 0.00000264. The average Bonchev–Trinajstić information content (AvgIpc) is 2.80. The zero-order valence-corrected chi connectivity index (χ0v) is 16.0. The van der Waals surface area contributed by atoms with Gasteiger partial charge in [0.25, 0.3) is 0 Å². The number of nitrogens with one attached hydrogen (secondary N) is 2. The predicted octanol–water partition coefficient (Wildman–Crippen LogP) is 3.91. The van der Waals surface area contributed by atoms with Crippen molar-refractivity contribution in [1.29, 1.82) is 0 Å². The van der Waals surface area contributed by atoms with E-state index in [1.165, 1.54) is 12.1 Å². The van der Waals surface area contributed by atoms with Crippen LogP contribution in [-0.2, 0) is 13.1 Å². The lowest BCUT2D eigenvalue weighted by molar-refractivity contribution is 0.500. The van der Waals surface area contributed by atoms with E-state index in [1.54, 1.807) is 6.07 Å². The van der Waals surface area contributed by atoms with Gasteiger partial charge in [-0.2, -0.15) is 0 Å². The maximum Gasteiger partial charge on any atom is 0.191 e. The summed E-state index contributed by atoms with van der Waals surface area (Å²) in [5, 5.41) is 6.44. The number of guanidine groups is 1. The molecule has 0 fully saturated rings. The molecule has 0 aliphatic heterocycles. The van der Waals surface area contributed by atoms with E-state index in [9.17, 15) is 4.39 Å². The van der Waals surface area contributed by atoms with E-state index < -0.39 is 0 Å². The number of rotatable bonds is 5. The van der Waals surface area contributed by atoms with Crippen molar-refractivity contribution < 1.29 is 8.81 Å². The molecule has 0 saturated carbocycles. The topological polar surface area (TPSA) is 49.6 Å². The standard InChI is InChI=1S/C17H22FN3O.HI/c1-4-19-17(20-10-14-6-5-7-16(18)9-14)21-11-15-8-12(2)22-13(15)3;/h5-9H,4,10-11H2,1-3H3,(H2,19,20,21);1H. The molecule has 2 N–H and O–H groups in total. The second kappa shape index (κ2) is 9.54. The third-order valence-corrected chi connectivity index (χ3v) is 3.24. The number of nitrogens with zero attached hydrogens (tertiary/aromatic N) is 1. The van der Waals surface area contributed by atoms with Gasteiger partial charge in [0.15, 0.2) is 5.96 Å². The molecule has 1 aromatic heterocycles. The third-order valence-electron chi connectivity index (χ3n) is 3.24. The molecule has 0 aliphatic carbocycles. The summed E-state index contributed by atoms with van der Waals surface area (Å²) in [4.78, 5) is 4.47. The van der Waals surface area contributed by atoms with Gasteiger partial charge in [-0.25, -0.2) is 9.38 Å². The highest BCUT2D eigenvalue weighted by Gasteiger charge is 2.05. The average molecular weight is 431 g/mol. The maximum atomic E-state index is 13.2. The molecule has 0 saturated heterocycles. The zero-order chi connectivity index (χ0) is 15.9. The van der Waals surface area contributed by atoms with Crippen molar-refractivity contribution in [1.82, 2.24) is 10.6 Å². The van der Waals surface area contributed by atoms with Crippen LogP contribution in [0.1, 0.15) is 29.6 Å². The Bertz CT molecular complexity index is 655. The van der Waals surface area contributed by atoms with Gasteiger partial charge in [-0.3, -0.25) is 0 Å². The molecule has 0 unspecified atom stereocenters. The summed E-state index contributed by atoms with van der Waals surface area (Å²) in [5.41, 5.74) is 1.95. The van der Waals surface area contributed by atoms with Crippen LogP contribution in [0.3, 0.4) is 0 Å². The maximum absolute atomic E-state index is 13.2. The second-order valence-electron chi connectivity index (χ2n) is 5.12. The van der Waals surface area contributed by atoms with Crippen LogP contribution < -0.4 is 10.6 Å². The molecule has 2 rings (SSSR count). The quantitative estimate of drug-likeness (QED) is 0.429. The second-order valence-corrected chi connectivity index (χ2v) is 5.12. The highest BCUT2D eigenvalue weighted by atomic mass is 127. The zero-order valence-electron chi connectivity index (χ0n) is 13.6. The molecule has 0 atom stereocenters. The van der Waals surface area contributed by atoms with E-state index in [-0.39, 0.29) is 29.8 Å². The van der Waals surface area contributed by atoms with Crippen LogP contribution in [0.15, 0.2) is 39.7 Å². The van der Waals surface area contributed by atoms with Crippen LogP contribution in [0.4, 0.5) is 4.39 Å². The molecule has 23 heavy (non-hydrogen) atoms. The van der Waals surface area contributed by atoms with Crippen molar-refractivity contribution in [3.63, 3.8) is 0 Å². The number of aliphatic imine (C=N–C) groups is 1. The molecule has 0 radical (unpaired) electrons. The van der Waals surface area contributed by atoms with Gasteiger partial charge >= 0.3 is 0 Å². The van der Waals surface area contributed by atoms with Crippen molar-refractivity contribution in [3.05, 3.63) is 58.8 Å². The van der Waals surface area contributed by atoms with Gasteiger partial charge in [0.1, 0.15) is 17.3 Å². The Hall–Kier alpha value is -1.57. The largest absolute Gasteiger partial charge is 0.466 e. The van der Waals surface area contributed by atoms with E-state index in [0.717, 1.165) is 29.2 Å². The minimum Gasteiger partial charge on any atom is -0.466 e. The van der Waals surface area contributed by atoms with Gasteiger partial charge in [0.2, 0.25) is 0 Å². The SMILES string of the molecule is CCNC(=NCc1cccc(F)c1)NCc1cc(C)oc1C.I. The smallest absolute Gasteiger partial charge is 0.191 e. The summed E-state index contributed by atoms with van der Waals surface area (Å²) in [6.07, 6.45) is 0. The van der Waals surface area contributed by atoms with Gasteiger partial charge in [0, 0.05) is 18.7 Å². The Labute approximate surface area is 153 Å². The summed E-state index contributed by atoms with van der Waals surface area (Å²) in [6.45, 7) is 7.71. The highest BCUT2D eigenvalue weighted by molar-refractivity contribution is 14.0. The first-order valence-corrected chi connectivity index (χ1v) is 7.41. The number of benzene rings is 1. The van der Waals surface area contributed by atoms with Gasteiger partial charge in [-0.15, -0.1) is 24.0 Å². The molecule has 0 aliphatic rings. The molecule has 126 valence electrons. The first-order chi connectivity index (χ1) is 10.6. The number of hydrogen-bond donors (Lipinski definition) is 2. The number of furan rings is 1. The van der Waals surface area contributed by atoms with Crippen LogP contribution in [0.25, 0.3) is 0 Å². The highest BCUT2D eigenvalue weighted by Crippen LogP contribution is 2.13. The van der Waals surface area contributed by atoms with Crippen molar-refractivity contribution >= 4 is 29.9 Å². The van der Waals surface area contributed by atoms with Gasteiger partial charge < -0.3 is 15.1 Å². The van der Waals surface area contributed by atoms with Crippen molar-refractivity contribution in [2.45, 2.75) is 33.9 Å². The van der Waals surface area contributed by atoms with E-state index in [0.29, 0.717) is 19.0 Å². The van der Waals surface area contributed by atoms with Crippen molar-refractivity contribution in [2.75, 3.05) is 6.54 Å². The predicted molar refractivity (Wildman–Crippen MR) is 102 cm³/mol. The molecule has 4 nitrogen and oxygen atoms in total. The van der Waals surface area contributed by atoms with Crippen LogP contribution in [0.5, 0.6) is 0 Å². The van der Waals surface area contributed by atoms with Crippen molar-refractivity contribution in [2.24, 2.45) is 4.99 Å². The fourth-order valence-corrected chi connectivity index (χ4v) is 2.19. The molecule has 6 heteroatoms. The summed E-state index contributed by atoms with van der Waals surface area (Å²) in [6, 6.07) is 8.49. The Morgan fingerprint density at radius 3 is 2.61 bits per heavy atom. The Morgan fingerprint density at radius 2 is 2.00 bits per heavy atom. The number of halogens is 2. The molecular weight excluding hydrogens is 408 g/mol. The first-order valence-electron chi connectivity index (χ1n) is 7.41. The van der Waals surface area contributed by atoms with Crippen LogP contribution in [-0.4, -0.2) is 12.5 Å². The molecule has 1 aromatic carbocycles. The fraction of sp³-hybridized carbons (Fsp3) is 0.353. The molecule has 1 heterocycles. The lowest BCUT2D eigenvalue weighted by Gasteiger charge is -2.11. The first kappa shape index (κ1) is 19.5. The molecule has 0 amide bonds. The number of aryl methyl sites for hydroxylation is 2. The summed E-state index contributed by atoms with van der Waals surface area (Å²) >= 11 is 0. The number of hydrogen-bond acceptors (Lipinski definition) is 2. The molecule has 0 spiro atoms. The van der Waals surface area contributed by atoms with E-state index in [1.807, 2.05) is 32.9 Å². The van der Waals surface area contributed by atoms with Crippen LogP contribution in [0, 0.1) is 19.7 Å². The Kier molecular flexibility index (Phi) is 8.08. The van der Waals surface area contributed by atoms with Crippen LogP contribution in [0.2, 0.25) is 0 Å². The third kappa shape index (κ3) is 6.21.